The summed E-state index contributed by atoms with van der Waals surface area (Å²) in [5, 5.41) is 14.8. The van der Waals surface area contributed by atoms with Crippen LogP contribution in [0, 0.1) is 0 Å². The Morgan fingerprint density at radius 2 is 2.00 bits per heavy atom. The lowest BCUT2D eigenvalue weighted by molar-refractivity contribution is -0.119. The molecular weight excluding hydrogens is 348 g/mol. The summed E-state index contributed by atoms with van der Waals surface area (Å²) >= 11 is 1.29. The van der Waals surface area contributed by atoms with E-state index in [4.69, 9.17) is 0 Å². The first-order valence-corrected chi connectivity index (χ1v) is 9.64. The van der Waals surface area contributed by atoms with Gasteiger partial charge in [0.2, 0.25) is 11.0 Å². The van der Waals surface area contributed by atoms with Crippen molar-refractivity contribution in [1.82, 2.24) is 15.5 Å². The van der Waals surface area contributed by atoms with Crippen LogP contribution >= 0.6 is 23.7 Å². The molecule has 2 N–H and O–H groups in total. The SMILES string of the molecule is CCCc1nnc(NC(=O)C2(S(C)(=O)=O)CCNCC2)s1.Cl. The number of nitrogens with one attached hydrogen (secondary N) is 2. The van der Waals surface area contributed by atoms with Crippen LogP contribution in [0.15, 0.2) is 0 Å². The lowest BCUT2D eigenvalue weighted by Crippen LogP contribution is -2.55. The van der Waals surface area contributed by atoms with E-state index in [-0.39, 0.29) is 25.2 Å². The first kappa shape index (κ1) is 19.3. The molecule has 2 rings (SSSR count). The highest BCUT2D eigenvalue weighted by Gasteiger charge is 2.48. The summed E-state index contributed by atoms with van der Waals surface area (Å²) in [6.45, 7) is 3.06. The standard InChI is InChI=1S/C12H20N4O3S2.ClH/c1-3-4-9-15-16-11(20-9)14-10(17)12(21(2,18)19)5-7-13-8-6-12;/h13H,3-8H2,1-2H3,(H,14,16,17);1H. The molecule has 0 saturated carbocycles. The second kappa shape index (κ2) is 7.67. The minimum atomic E-state index is -3.51. The Bertz CT molecular complexity index is 612. The maximum atomic E-state index is 12.5. The summed E-state index contributed by atoms with van der Waals surface area (Å²) in [5.74, 6) is -0.495. The Balaban J connectivity index is 0.00000242. The molecule has 0 bridgehead atoms. The molecule has 0 aliphatic carbocycles. The molecule has 10 heteroatoms. The number of anilines is 1. The van der Waals surface area contributed by atoms with Crippen molar-refractivity contribution in [3.05, 3.63) is 5.01 Å². The molecule has 1 aromatic rings. The Kier molecular flexibility index (Phi) is 6.72. The summed E-state index contributed by atoms with van der Waals surface area (Å²) in [7, 11) is -3.51. The zero-order valence-electron chi connectivity index (χ0n) is 12.6. The van der Waals surface area contributed by atoms with Crippen molar-refractivity contribution in [1.29, 1.82) is 0 Å². The van der Waals surface area contributed by atoms with Gasteiger partial charge in [-0.15, -0.1) is 22.6 Å². The van der Waals surface area contributed by atoms with Gasteiger partial charge in [-0.25, -0.2) is 8.42 Å². The van der Waals surface area contributed by atoms with Crippen molar-refractivity contribution in [2.45, 2.75) is 37.4 Å². The number of sulfone groups is 1. The number of hydrogen-bond acceptors (Lipinski definition) is 7. The monoisotopic (exact) mass is 368 g/mol. The van der Waals surface area contributed by atoms with Crippen LogP contribution in [0.4, 0.5) is 5.13 Å². The van der Waals surface area contributed by atoms with Gasteiger partial charge in [-0.05, 0) is 32.4 Å². The van der Waals surface area contributed by atoms with Gasteiger partial charge in [-0.3, -0.25) is 10.1 Å². The molecule has 1 aliphatic rings. The van der Waals surface area contributed by atoms with Crippen LogP contribution in [0.25, 0.3) is 0 Å². The first-order chi connectivity index (χ1) is 9.89. The van der Waals surface area contributed by atoms with E-state index in [2.05, 4.69) is 20.8 Å². The van der Waals surface area contributed by atoms with Crippen molar-refractivity contribution in [2.24, 2.45) is 0 Å². The van der Waals surface area contributed by atoms with Crippen molar-refractivity contribution in [3.8, 4) is 0 Å². The van der Waals surface area contributed by atoms with Crippen molar-refractivity contribution < 1.29 is 13.2 Å². The van der Waals surface area contributed by atoms with E-state index >= 15 is 0 Å². The maximum absolute atomic E-state index is 12.5. The van der Waals surface area contributed by atoms with Gasteiger partial charge in [0.05, 0.1) is 0 Å². The molecule has 1 fully saturated rings. The number of carbonyl (C=O) groups excluding carboxylic acids is 1. The van der Waals surface area contributed by atoms with Crippen LogP contribution in [-0.2, 0) is 21.1 Å². The summed E-state index contributed by atoms with van der Waals surface area (Å²) in [4.78, 5) is 12.5. The summed E-state index contributed by atoms with van der Waals surface area (Å²) in [6, 6.07) is 0. The van der Waals surface area contributed by atoms with Crippen LogP contribution in [0.1, 0.15) is 31.2 Å². The predicted octanol–water partition coefficient (Wildman–Crippen LogP) is 1.02. The van der Waals surface area contributed by atoms with Crippen molar-refractivity contribution in [3.63, 3.8) is 0 Å². The van der Waals surface area contributed by atoms with Gasteiger partial charge in [0, 0.05) is 12.7 Å². The number of piperidine rings is 1. The fourth-order valence-corrected chi connectivity index (χ4v) is 4.60. The molecule has 0 atom stereocenters. The molecule has 1 aromatic heterocycles. The van der Waals surface area contributed by atoms with Crippen molar-refractivity contribution in [2.75, 3.05) is 24.7 Å². The number of aromatic nitrogens is 2. The van der Waals surface area contributed by atoms with E-state index in [1.165, 1.54) is 11.3 Å². The number of nitrogens with zero attached hydrogens (tertiary/aromatic N) is 2. The highest BCUT2D eigenvalue weighted by Crippen LogP contribution is 2.30. The largest absolute Gasteiger partial charge is 0.317 e. The van der Waals surface area contributed by atoms with Gasteiger partial charge in [0.15, 0.2) is 14.6 Å². The highest BCUT2D eigenvalue weighted by atomic mass is 35.5. The normalized spacial score (nSPS) is 17.5. The van der Waals surface area contributed by atoms with E-state index in [1.807, 2.05) is 6.92 Å². The van der Waals surface area contributed by atoms with Crippen LogP contribution < -0.4 is 10.6 Å². The fraction of sp³-hybridized carbons (Fsp3) is 0.750. The zero-order valence-corrected chi connectivity index (χ0v) is 15.0. The summed E-state index contributed by atoms with van der Waals surface area (Å²) in [6.07, 6.45) is 3.42. The number of carbonyl (C=O) groups is 1. The van der Waals surface area contributed by atoms with Crippen LogP contribution in [-0.4, -0.2) is 48.6 Å². The van der Waals surface area contributed by atoms with Gasteiger partial charge in [0.25, 0.3) is 0 Å². The number of aryl methyl sites for hydroxylation is 1. The van der Waals surface area contributed by atoms with E-state index < -0.39 is 20.5 Å². The Labute approximate surface area is 140 Å². The fourth-order valence-electron chi connectivity index (χ4n) is 2.43. The van der Waals surface area contributed by atoms with Crippen molar-refractivity contribution >= 4 is 44.6 Å². The molecule has 22 heavy (non-hydrogen) atoms. The molecule has 7 nitrogen and oxygen atoms in total. The molecule has 0 spiro atoms. The minimum absolute atomic E-state index is 0. The smallest absolute Gasteiger partial charge is 0.247 e. The van der Waals surface area contributed by atoms with E-state index in [0.29, 0.717) is 18.2 Å². The quantitative estimate of drug-likeness (QED) is 0.804. The predicted molar refractivity (Wildman–Crippen MR) is 89.5 cm³/mol. The Morgan fingerprint density at radius 1 is 1.36 bits per heavy atom. The number of rotatable bonds is 5. The second-order valence-corrected chi connectivity index (χ2v) is 8.61. The first-order valence-electron chi connectivity index (χ1n) is 6.93. The Morgan fingerprint density at radius 3 is 2.55 bits per heavy atom. The third kappa shape index (κ3) is 3.95. The Hall–Kier alpha value is -0.770. The zero-order chi connectivity index (χ0) is 15.5. The molecule has 1 aliphatic heterocycles. The van der Waals surface area contributed by atoms with Gasteiger partial charge in [-0.1, -0.05) is 18.3 Å². The molecule has 1 amide bonds. The van der Waals surface area contributed by atoms with Gasteiger partial charge in [0.1, 0.15) is 5.01 Å². The molecule has 1 saturated heterocycles. The summed E-state index contributed by atoms with van der Waals surface area (Å²) in [5.41, 5.74) is 0. The van der Waals surface area contributed by atoms with Crippen LogP contribution in [0.3, 0.4) is 0 Å². The average molecular weight is 369 g/mol. The molecule has 0 radical (unpaired) electrons. The third-order valence-electron chi connectivity index (χ3n) is 3.69. The van der Waals surface area contributed by atoms with Crippen LogP contribution in [0.5, 0.6) is 0 Å². The average Bonchev–Trinajstić information content (AvgIpc) is 2.86. The molecule has 2 heterocycles. The number of halogens is 1. The third-order valence-corrected chi connectivity index (χ3v) is 6.60. The minimum Gasteiger partial charge on any atom is -0.317 e. The highest BCUT2D eigenvalue weighted by molar-refractivity contribution is 7.92. The van der Waals surface area contributed by atoms with Gasteiger partial charge >= 0.3 is 0 Å². The number of amides is 1. The molecular formula is C12H21ClN4O3S2. The van der Waals surface area contributed by atoms with E-state index in [9.17, 15) is 13.2 Å². The van der Waals surface area contributed by atoms with E-state index in [0.717, 1.165) is 24.1 Å². The number of hydrogen-bond donors (Lipinski definition) is 2. The van der Waals surface area contributed by atoms with Gasteiger partial charge < -0.3 is 5.32 Å². The van der Waals surface area contributed by atoms with Gasteiger partial charge in [-0.2, -0.15) is 0 Å². The topological polar surface area (TPSA) is 101 Å². The maximum Gasteiger partial charge on any atom is 0.247 e. The molecule has 126 valence electrons. The molecule has 0 aromatic carbocycles. The van der Waals surface area contributed by atoms with E-state index in [1.54, 1.807) is 0 Å². The second-order valence-electron chi connectivity index (χ2n) is 5.22. The molecule has 0 unspecified atom stereocenters. The lowest BCUT2D eigenvalue weighted by atomic mass is 9.96. The van der Waals surface area contributed by atoms with Crippen LogP contribution in [0.2, 0.25) is 0 Å². The summed E-state index contributed by atoms with van der Waals surface area (Å²) < 4.78 is 22.9. The lowest BCUT2D eigenvalue weighted by Gasteiger charge is -2.33.